The van der Waals surface area contributed by atoms with Crippen molar-refractivity contribution in [3.8, 4) is 0 Å². The van der Waals surface area contributed by atoms with Gasteiger partial charge < -0.3 is 4.90 Å². The van der Waals surface area contributed by atoms with Gasteiger partial charge in [0.15, 0.2) is 9.84 Å². The first-order valence-corrected chi connectivity index (χ1v) is 9.00. The molecule has 1 amide bonds. The minimum Gasteiger partial charge on any atom is -0.335 e. The van der Waals surface area contributed by atoms with Crippen molar-refractivity contribution in [2.75, 3.05) is 18.1 Å². The summed E-state index contributed by atoms with van der Waals surface area (Å²) in [6, 6.07) is 5.92. The van der Waals surface area contributed by atoms with Gasteiger partial charge in [-0.25, -0.2) is 12.8 Å². The minimum atomic E-state index is -3.33. The summed E-state index contributed by atoms with van der Waals surface area (Å²) < 4.78 is 36.3. The van der Waals surface area contributed by atoms with Gasteiger partial charge in [-0.15, -0.1) is 0 Å². The Morgan fingerprint density at radius 2 is 1.95 bits per heavy atom. The molecule has 0 unspecified atom stereocenters. The molecule has 6 heteroatoms. The molecule has 0 aromatic heterocycles. The maximum Gasteiger partial charge on any atom is 0.238 e. The van der Waals surface area contributed by atoms with Crippen molar-refractivity contribution < 1.29 is 17.6 Å². The topological polar surface area (TPSA) is 54.5 Å². The molecule has 1 heterocycles. The van der Waals surface area contributed by atoms with E-state index in [9.17, 15) is 17.6 Å². The zero-order chi connectivity index (χ0) is 15.5. The highest BCUT2D eigenvalue weighted by molar-refractivity contribution is 7.92. The van der Waals surface area contributed by atoms with Crippen LogP contribution in [-0.4, -0.2) is 37.3 Å². The van der Waals surface area contributed by atoms with Crippen LogP contribution in [0.2, 0.25) is 0 Å². The number of rotatable bonds is 4. The fraction of sp³-hybridized carbons (Fsp3) is 0.533. The molecule has 1 aromatic carbocycles. The summed E-state index contributed by atoms with van der Waals surface area (Å²) in [5.74, 6) is -1.15. The highest BCUT2D eigenvalue weighted by Gasteiger charge is 2.30. The van der Waals surface area contributed by atoms with Crippen LogP contribution in [0.1, 0.15) is 37.8 Å². The van der Waals surface area contributed by atoms with Crippen molar-refractivity contribution in [3.63, 3.8) is 0 Å². The zero-order valence-electron chi connectivity index (χ0n) is 12.1. The van der Waals surface area contributed by atoms with Crippen molar-refractivity contribution >= 4 is 15.7 Å². The molecule has 0 saturated carbocycles. The number of hydrogen-bond acceptors (Lipinski definition) is 3. The summed E-state index contributed by atoms with van der Waals surface area (Å²) in [5, 5.41) is 0. The van der Waals surface area contributed by atoms with Crippen LogP contribution < -0.4 is 0 Å². The first kappa shape index (κ1) is 15.9. The van der Waals surface area contributed by atoms with Gasteiger partial charge in [-0.05, 0) is 37.0 Å². The van der Waals surface area contributed by atoms with Crippen LogP contribution in [0.15, 0.2) is 24.3 Å². The molecule has 0 bridgehead atoms. The van der Waals surface area contributed by atoms with Crippen LogP contribution in [0.3, 0.4) is 0 Å². The molecule has 1 aromatic rings. The lowest BCUT2D eigenvalue weighted by Gasteiger charge is -2.36. The Bertz CT molecular complexity index is 598. The largest absolute Gasteiger partial charge is 0.335 e. The van der Waals surface area contributed by atoms with E-state index in [1.807, 2.05) is 0 Å². The lowest BCUT2D eigenvalue weighted by atomic mass is 9.95. The van der Waals surface area contributed by atoms with Gasteiger partial charge in [0.2, 0.25) is 5.91 Å². The fourth-order valence-corrected chi connectivity index (χ4v) is 3.38. The van der Waals surface area contributed by atoms with Gasteiger partial charge in [0.25, 0.3) is 0 Å². The Balaban J connectivity index is 2.19. The number of nitrogens with zero attached hydrogens (tertiary/aromatic N) is 1. The summed E-state index contributed by atoms with van der Waals surface area (Å²) in [5.41, 5.74) is 0.860. The van der Waals surface area contributed by atoms with E-state index in [0.29, 0.717) is 6.54 Å². The van der Waals surface area contributed by atoms with Crippen LogP contribution >= 0.6 is 0 Å². The number of benzene rings is 1. The van der Waals surface area contributed by atoms with Crippen molar-refractivity contribution in [3.05, 3.63) is 35.6 Å². The highest BCUT2D eigenvalue weighted by Crippen LogP contribution is 2.31. The second-order valence-electron chi connectivity index (χ2n) is 5.33. The Hall–Kier alpha value is -1.43. The molecule has 1 atom stereocenters. The second-order valence-corrected chi connectivity index (χ2v) is 7.68. The fourth-order valence-electron chi connectivity index (χ4n) is 2.63. The highest BCUT2D eigenvalue weighted by atomic mass is 32.2. The predicted molar refractivity (Wildman–Crippen MR) is 79.0 cm³/mol. The van der Waals surface area contributed by atoms with E-state index in [0.717, 1.165) is 24.8 Å². The lowest BCUT2D eigenvalue weighted by Crippen LogP contribution is -2.41. The third kappa shape index (κ3) is 4.03. The summed E-state index contributed by atoms with van der Waals surface area (Å²) in [4.78, 5) is 13.9. The Kier molecular flexibility index (Phi) is 4.98. The maximum atomic E-state index is 13.0. The monoisotopic (exact) mass is 313 g/mol. The molecule has 1 aliphatic rings. The minimum absolute atomic E-state index is 0.0339. The van der Waals surface area contributed by atoms with E-state index in [2.05, 4.69) is 0 Å². The predicted octanol–water partition coefficient (Wildman–Crippen LogP) is 2.31. The van der Waals surface area contributed by atoms with Crippen molar-refractivity contribution in [2.45, 2.75) is 32.2 Å². The van der Waals surface area contributed by atoms with Gasteiger partial charge in [0.1, 0.15) is 11.6 Å². The number of hydrogen-bond donors (Lipinski definition) is 0. The summed E-state index contributed by atoms with van der Waals surface area (Å²) in [7, 11) is -3.33. The average molecular weight is 313 g/mol. The summed E-state index contributed by atoms with van der Waals surface area (Å²) in [6.45, 7) is 2.09. The SMILES string of the molecule is CCS(=O)(=O)CC(=O)N1CCCC[C@@H]1c1ccc(F)cc1. The average Bonchev–Trinajstić information content (AvgIpc) is 2.47. The summed E-state index contributed by atoms with van der Waals surface area (Å²) in [6.07, 6.45) is 2.63. The maximum absolute atomic E-state index is 13.0. The van der Waals surface area contributed by atoms with Crippen LogP contribution in [-0.2, 0) is 14.6 Å². The van der Waals surface area contributed by atoms with E-state index >= 15 is 0 Å². The summed E-state index contributed by atoms with van der Waals surface area (Å²) >= 11 is 0. The van der Waals surface area contributed by atoms with Crippen LogP contribution in [0, 0.1) is 5.82 Å². The number of sulfone groups is 1. The van der Waals surface area contributed by atoms with Crippen molar-refractivity contribution in [1.82, 2.24) is 4.90 Å². The lowest BCUT2D eigenvalue weighted by molar-refractivity contribution is -0.132. The van der Waals surface area contributed by atoms with Gasteiger partial charge in [-0.3, -0.25) is 4.79 Å². The number of carbonyl (C=O) groups excluding carboxylic acids is 1. The van der Waals surface area contributed by atoms with E-state index in [1.165, 1.54) is 19.1 Å². The third-order valence-electron chi connectivity index (χ3n) is 3.86. The zero-order valence-corrected chi connectivity index (χ0v) is 12.9. The number of piperidine rings is 1. The van der Waals surface area contributed by atoms with Gasteiger partial charge in [-0.2, -0.15) is 0 Å². The van der Waals surface area contributed by atoms with Gasteiger partial charge in [-0.1, -0.05) is 19.1 Å². The quantitative estimate of drug-likeness (QED) is 0.857. The van der Waals surface area contributed by atoms with E-state index in [1.54, 1.807) is 17.0 Å². The normalized spacial score (nSPS) is 19.5. The molecule has 0 radical (unpaired) electrons. The Morgan fingerprint density at radius 3 is 2.57 bits per heavy atom. The molecule has 1 saturated heterocycles. The Morgan fingerprint density at radius 1 is 1.29 bits per heavy atom. The van der Waals surface area contributed by atoms with Gasteiger partial charge in [0, 0.05) is 12.3 Å². The molecular weight excluding hydrogens is 293 g/mol. The van der Waals surface area contributed by atoms with Crippen LogP contribution in [0.4, 0.5) is 4.39 Å². The van der Waals surface area contributed by atoms with E-state index < -0.39 is 15.6 Å². The van der Waals surface area contributed by atoms with E-state index in [4.69, 9.17) is 0 Å². The van der Waals surface area contributed by atoms with Crippen LogP contribution in [0.5, 0.6) is 0 Å². The Labute approximate surface area is 124 Å². The van der Waals surface area contributed by atoms with Crippen LogP contribution in [0.25, 0.3) is 0 Å². The second kappa shape index (κ2) is 6.56. The molecule has 0 aliphatic carbocycles. The molecule has 2 rings (SSSR count). The molecule has 1 fully saturated rings. The molecule has 0 N–H and O–H groups in total. The number of halogens is 1. The third-order valence-corrected chi connectivity index (χ3v) is 5.43. The van der Waals surface area contributed by atoms with Gasteiger partial charge in [0.05, 0.1) is 6.04 Å². The smallest absolute Gasteiger partial charge is 0.238 e. The molecule has 1 aliphatic heterocycles. The van der Waals surface area contributed by atoms with Crippen molar-refractivity contribution in [1.29, 1.82) is 0 Å². The molecule has 0 spiro atoms. The number of carbonyl (C=O) groups is 1. The number of amides is 1. The molecule has 4 nitrogen and oxygen atoms in total. The van der Waals surface area contributed by atoms with E-state index in [-0.39, 0.29) is 23.5 Å². The first-order chi connectivity index (χ1) is 9.93. The van der Waals surface area contributed by atoms with Gasteiger partial charge >= 0.3 is 0 Å². The molecular formula is C15H20FNO3S. The number of likely N-dealkylation sites (tertiary alicyclic amines) is 1. The standard InChI is InChI=1S/C15H20FNO3S/c1-2-21(19,20)11-15(18)17-10-4-3-5-14(17)12-6-8-13(16)9-7-12/h6-9,14H,2-5,10-11H2,1H3/t14-/m1/s1. The molecule has 116 valence electrons. The first-order valence-electron chi connectivity index (χ1n) is 7.18. The molecule has 21 heavy (non-hydrogen) atoms. The van der Waals surface area contributed by atoms with Crippen molar-refractivity contribution in [2.24, 2.45) is 0 Å².